The molecule has 0 aromatic carbocycles. The molecule has 0 unspecified atom stereocenters. The molecular weight excluding hydrogens is 414 g/mol. The fourth-order valence-electron chi connectivity index (χ4n) is 4.03. The van der Waals surface area contributed by atoms with Crippen molar-refractivity contribution in [3.05, 3.63) is 39.8 Å². The van der Waals surface area contributed by atoms with Crippen LogP contribution in [0.4, 0.5) is 0 Å². The number of carbonyl (C=O) groups excluding carboxylic acids is 1. The fourth-order valence-corrected chi connectivity index (χ4v) is 5.79. The highest BCUT2D eigenvalue weighted by molar-refractivity contribution is 8.00. The second-order valence-electron chi connectivity index (χ2n) is 8.13. The molecular formula is C22H29N5OS2. The van der Waals surface area contributed by atoms with Gasteiger partial charge >= 0.3 is 0 Å². The lowest BCUT2D eigenvalue weighted by molar-refractivity contribution is 0.0757. The molecule has 8 heteroatoms. The molecule has 1 aliphatic heterocycles. The van der Waals surface area contributed by atoms with Gasteiger partial charge in [0.1, 0.15) is 0 Å². The number of aryl methyl sites for hydroxylation is 2. The molecule has 160 valence electrons. The zero-order valence-electron chi connectivity index (χ0n) is 18.1. The third-order valence-corrected chi connectivity index (χ3v) is 7.29. The minimum Gasteiger partial charge on any atom is -0.337 e. The maximum atomic E-state index is 13.6. The van der Waals surface area contributed by atoms with Gasteiger partial charge in [-0.25, -0.2) is 4.98 Å². The number of fused-ring (bicyclic) bond motifs is 1. The monoisotopic (exact) mass is 443 g/mol. The molecule has 0 atom stereocenters. The third kappa shape index (κ3) is 4.40. The molecule has 4 heterocycles. The van der Waals surface area contributed by atoms with Crippen LogP contribution < -0.4 is 0 Å². The maximum absolute atomic E-state index is 13.6. The average Bonchev–Trinajstić information content (AvgIpc) is 3.23. The van der Waals surface area contributed by atoms with Gasteiger partial charge in [0.15, 0.2) is 5.65 Å². The second kappa shape index (κ2) is 9.08. The van der Waals surface area contributed by atoms with Gasteiger partial charge in [-0.3, -0.25) is 14.4 Å². The molecule has 1 saturated heterocycles. The molecule has 1 amide bonds. The van der Waals surface area contributed by atoms with Gasteiger partial charge in [-0.15, -0.1) is 11.8 Å². The number of carbonyl (C=O) groups is 1. The van der Waals surface area contributed by atoms with E-state index < -0.39 is 0 Å². The van der Waals surface area contributed by atoms with Crippen LogP contribution in [0, 0.1) is 6.92 Å². The smallest absolute Gasteiger partial charge is 0.256 e. The van der Waals surface area contributed by atoms with Crippen LogP contribution in [0.15, 0.2) is 27.9 Å². The number of thiophene rings is 1. The standard InChI is InChI=1S/C22H29N5OS2/c1-15(2)30-20-18(12-23-21-19(20)16(3)24-25(21)4)22(28)27-8-5-7-26(9-10-27)13-17-6-11-29-14-17/h6,11-12,14-15H,5,7-10,13H2,1-4H3. The third-order valence-electron chi connectivity index (χ3n) is 5.43. The molecule has 0 N–H and O–H groups in total. The molecule has 0 bridgehead atoms. The first kappa shape index (κ1) is 21.3. The van der Waals surface area contributed by atoms with Gasteiger partial charge in [0.25, 0.3) is 5.91 Å². The predicted octanol–water partition coefficient (Wildman–Crippen LogP) is 4.19. The highest BCUT2D eigenvalue weighted by Crippen LogP contribution is 2.35. The normalized spacial score (nSPS) is 15.8. The van der Waals surface area contributed by atoms with E-state index in [9.17, 15) is 4.79 Å². The predicted molar refractivity (Wildman–Crippen MR) is 124 cm³/mol. The highest BCUT2D eigenvalue weighted by Gasteiger charge is 2.26. The Balaban J connectivity index is 1.58. The van der Waals surface area contributed by atoms with E-state index in [0.29, 0.717) is 10.8 Å². The number of aromatic nitrogens is 3. The summed E-state index contributed by atoms with van der Waals surface area (Å²) < 4.78 is 1.80. The molecule has 30 heavy (non-hydrogen) atoms. The highest BCUT2D eigenvalue weighted by atomic mass is 32.2. The largest absolute Gasteiger partial charge is 0.337 e. The van der Waals surface area contributed by atoms with Crippen molar-refractivity contribution in [2.24, 2.45) is 7.05 Å². The molecule has 1 aliphatic rings. The molecule has 0 saturated carbocycles. The summed E-state index contributed by atoms with van der Waals surface area (Å²) in [6.07, 6.45) is 2.74. The molecule has 0 spiro atoms. The van der Waals surface area contributed by atoms with Gasteiger partial charge in [0, 0.05) is 56.1 Å². The lowest BCUT2D eigenvalue weighted by Gasteiger charge is -2.23. The van der Waals surface area contributed by atoms with Gasteiger partial charge in [-0.2, -0.15) is 16.4 Å². The summed E-state index contributed by atoms with van der Waals surface area (Å²) in [7, 11) is 1.91. The maximum Gasteiger partial charge on any atom is 0.256 e. The van der Waals surface area contributed by atoms with Crippen molar-refractivity contribution in [1.29, 1.82) is 0 Å². The summed E-state index contributed by atoms with van der Waals surface area (Å²) in [6, 6.07) is 2.19. The van der Waals surface area contributed by atoms with Gasteiger partial charge in [0.2, 0.25) is 0 Å². The first-order valence-corrected chi connectivity index (χ1v) is 12.3. The van der Waals surface area contributed by atoms with Crippen molar-refractivity contribution in [3.8, 4) is 0 Å². The number of amides is 1. The number of pyridine rings is 1. The molecule has 3 aromatic rings. The van der Waals surface area contributed by atoms with E-state index in [1.807, 2.05) is 18.9 Å². The van der Waals surface area contributed by atoms with Crippen molar-refractivity contribution in [3.63, 3.8) is 0 Å². The summed E-state index contributed by atoms with van der Waals surface area (Å²) in [5.41, 5.74) is 3.83. The van der Waals surface area contributed by atoms with Crippen molar-refractivity contribution < 1.29 is 4.79 Å². The van der Waals surface area contributed by atoms with Gasteiger partial charge in [0.05, 0.1) is 16.6 Å². The number of nitrogens with zero attached hydrogens (tertiary/aromatic N) is 5. The van der Waals surface area contributed by atoms with Crippen LogP contribution in [0.1, 0.15) is 41.9 Å². The van der Waals surface area contributed by atoms with Crippen LogP contribution in [-0.2, 0) is 13.6 Å². The Morgan fingerprint density at radius 1 is 1.27 bits per heavy atom. The van der Waals surface area contributed by atoms with Crippen molar-refractivity contribution in [2.75, 3.05) is 26.2 Å². The van der Waals surface area contributed by atoms with Crippen LogP contribution in [0.2, 0.25) is 0 Å². The Labute approximate surface area is 186 Å². The van der Waals surface area contributed by atoms with Gasteiger partial charge in [-0.05, 0) is 35.7 Å². The number of hydrogen-bond acceptors (Lipinski definition) is 6. The van der Waals surface area contributed by atoms with Crippen LogP contribution >= 0.6 is 23.1 Å². The van der Waals surface area contributed by atoms with Crippen LogP contribution in [-0.4, -0.2) is 61.9 Å². The lowest BCUT2D eigenvalue weighted by atomic mass is 10.1. The Morgan fingerprint density at radius 2 is 2.10 bits per heavy atom. The Bertz CT molecular complexity index is 1030. The SMILES string of the molecule is Cc1nn(C)c2ncc(C(=O)N3CCCN(Cc4ccsc4)CC3)c(SC(C)C)c12. The summed E-state index contributed by atoms with van der Waals surface area (Å²) in [4.78, 5) is 23.6. The Kier molecular flexibility index (Phi) is 6.46. The first-order valence-electron chi connectivity index (χ1n) is 10.5. The van der Waals surface area contributed by atoms with Crippen molar-refractivity contribution >= 4 is 40.0 Å². The van der Waals surface area contributed by atoms with E-state index in [1.165, 1.54) is 5.56 Å². The van der Waals surface area contributed by atoms with Crippen LogP contribution in [0.25, 0.3) is 11.0 Å². The molecule has 6 nitrogen and oxygen atoms in total. The number of hydrogen-bond donors (Lipinski definition) is 0. The zero-order chi connectivity index (χ0) is 21.3. The quantitative estimate of drug-likeness (QED) is 0.554. The van der Waals surface area contributed by atoms with Crippen LogP contribution in [0.3, 0.4) is 0 Å². The van der Waals surface area contributed by atoms with Crippen molar-refractivity contribution in [2.45, 2.75) is 43.9 Å². The van der Waals surface area contributed by atoms with E-state index in [-0.39, 0.29) is 5.91 Å². The second-order valence-corrected chi connectivity index (χ2v) is 10.5. The van der Waals surface area contributed by atoms with Gasteiger partial charge < -0.3 is 4.90 Å². The number of thioether (sulfide) groups is 1. The fraction of sp³-hybridized carbons (Fsp3) is 0.500. The average molecular weight is 444 g/mol. The van der Waals surface area contributed by atoms with Gasteiger partial charge in [-0.1, -0.05) is 13.8 Å². The van der Waals surface area contributed by atoms with Crippen molar-refractivity contribution in [1.82, 2.24) is 24.6 Å². The molecule has 4 rings (SSSR count). The summed E-state index contributed by atoms with van der Waals surface area (Å²) >= 11 is 3.47. The summed E-state index contributed by atoms with van der Waals surface area (Å²) in [5.74, 6) is 0.0909. The molecule has 0 aliphatic carbocycles. The van der Waals surface area contributed by atoms with E-state index in [2.05, 4.69) is 45.7 Å². The summed E-state index contributed by atoms with van der Waals surface area (Å²) in [5, 5.41) is 10.3. The Morgan fingerprint density at radius 3 is 2.83 bits per heavy atom. The zero-order valence-corrected chi connectivity index (χ0v) is 19.7. The van der Waals surface area contributed by atoms with E-state index >= 15 is 0 Å². The Hall–Kier alpha value is -1.90. The van der Waals surface area contributed by atoms with E-state index in [1.54, 1.807) is 34.0 Å². The minimum atomic E-state index is 0.0909. The molecule has 3 aromatic heterocycles. The summed E-state index contributed by atoms with van der Waals surface area (Å²) in [6.45, 7) is 10.7. The lowest BCUT2D eigenvalue weighted by Crippen LogP contribution is -2.35. The van der Waals surface area contributed by atoms with E-state index in [4.69, 9.17) is 0 Å². The number of rotatable bonds is 5. The first-order chi connectivity index (χ1) is 14.4. The topological polar surface area (TPSA) is 54.3 Å². The minimum absolute atomic E-state index is 0.0909. The van der Waals surface area contributed by atoms with E-state index in [0.717, 1.165) is 60.8 Å². The molecule has 0 radical (unpaired) electrons. The molecule has 1 fully saturated rings. The van der Waals surface area contributed by atoms with Crippen LogP contribution in [0.5, 0.6) is 0 Å².